The average molecular weight is 270 g/mol. The highest BCUT2D eigenvalue weighted by Gasteiger charge is 2.17. The molecule has 0 radical (unpaired) electrons. The zero-order valence-electron chi connectivity index (χ0n) is 11.6. The summed E-state index contributed by atoms with van der Waals surface area (Å²) in [6.45, 7) is 9.60. The molecule has 0 saturated heterocycles. The molecule has 18 heavy (non-hydrogen) atoms. The van der Waals surface area contributed by atoms with Gasteiger partial charge in [0, 0.05) is 30.4 Å². The van der Waals surface area contributed by atoms with Crippen LogP contribution in [0.1, 0.15) is 46.2 Å². The Morgan fingerprint density at radius 1 is 1.50 bits per heavy atom. The first-order valence-electron chi connectivity index (χ1n) is 6.27. The second kappa shape index (κ2) is 6.85. The molecular formula is C13H22N2O2S. The molecule has 1 N–H and O–H groups in total. The Labute approximate surface area is 113 Å². The van der Waals surface area contributed by atoms with Crippen molar-refractivity contribution < 1.29 is 9.53 Å². The Kier molecular flexibility index (Phi) is 5.75. The molecule has 4 nitrogen and oxygen atoms in total. The highest BCUT2D eigenvalue weighted by Crippen LogP contribution is 2.26. The van der Waals surface area contributed by atoms with Crippen molar-refractivity contribution in [2.45, 2.75) is 46.0 Å². The molecule has 5 heteroatoms. The van der Waals surface area contributed by atoms with Gasteiger partial charge in [0.05, 0.1) is 5.69 Å². The molecule has 0 fully saturated rings. The van der Waals surface area contributed by atoms with Gasteiger partial charge >= 0.3 is 0 Å². The van der Waals surface area contributed by atoms with Crippen LogP contribution in [0, 0.1) is 0 Å². The zero-order valence-corrected chi connectivity index (χ0v) is 12.4. The van der Waals surface area contributed by atoms with Crippen LogP contribution in [0.25, 0.3) is 0 Å². The minimum absolute atomic E-state index is 0.00418. The summed E-state index contributed by atoms with van der Waals surface area (Å²) in [6.07, 6.45) is 1.22. The van der Waals surface area contributed by atoms with Gasteiger partial charge in [-0.1, -0.05) is 20.8 Å². The van der Waals surface area contributed by atoms with Gasteiger partial charge in [-0.2, -0.15) is 0 Å². The lowest BCUT2D eigenvalue weighted by atomic mass is 9.93. The maximum atomic E-state index is 11.6. The first-order chi connectivity index (χ1) is 8.43. The molecule has 1 rings (SSSR count). The van der Waals surface area contributed by atoms with Gasteiger partial charge in [-0.05, 0) is 13.3 Å². The molecule has 1 aromatic heterocycles. The molecule has 1 heterocycles. The van der Waals surface area contributed by atoms with Crippen LogP contribution < -0.4 is 5.32 Å². The van der Waals surface area contributed by atoms with E-state index >= 15 is 0 Å². The van der Waals surface area contributed by atoms with E-state index in [0.29, 0.717) is 24.8 Å². The van der Waals surface area contributed by atoms with Gasteiger partial charge in [0.1, 0.15) is 0 Å². The highest BCUT2D eigenvalue weighted by atomic mass is 32.1. The van der Waals surface area contributed by atoms with E-state index in [1.54, 1.807) is 0 Å². The molecule has 1 amide bonds. The smallest absolute Gasteiger partial charge is 0.226 e. The topological polar surface area (TPSA) is 51.2 Å². The second-order valence-electron chi connectivity index (χ2n) is 5.14. The van der Waals surface area contributed by atoms with Crippen LogP contribution in [0.5, 0.6) is 0 Å². The van der Waals surface area contributed by atoms with Crippen LogP contribution in [0.3, 0.4) is 0 Å². The zero-order chi connectivity index (χ0) is 13.6. The molecule has 0 spiro atoms. The normalized spacial score (nSPS) is 11.6. The number of carbonyl (C=O) groups excluding carboxylic acids is 1. The summed E-state index contributed by atoms with van der Waals surface area (Å²) in [5, 5.41) is 5.50. The van der Waals surface area contributed by atoms with Crippen molar-refractivity contribution in [3.63, 3.8) is 0 Å². The summed E-state index contributed by atoms with van der Waals surface area (Å²) >= 11 is 1.47. The van der Waals surface area contributed by atoms with Crippen molar-refractivity contribution in [3.05, 3.63) is 11.1 Å². The summed E-state index contributed by atoms with van der Waals surface area (Å²) in [4.78, 5) is 16.1. The second-order valence-corrected chi connectivity index (χ2v) is 5.99. The van der Waals surface area contributed by atoms with Crippen molar-refractivity contribution in [1.29, 1.82) is 0 Å². The molecular weight excluding hydrogens is 248 g/mol. The van der Waals surface area contributed by atoms with Gasteiger partial charge in [-0.3, -0.25) is 4.79 Å². The molecule has 102 valence electrons. The summed E-state index contributed by atoms with van der Waals surface area (Å²) in [5.41, 5.74) is 1.03. The number of hydrogen-bond acceptors (Lipinski definition) is 4. The fourth-order valence-electron chi connectivity index (χ4n) is 1.34. The Hall–Kier alpha value is -0.940. The number of amides is 1. The van der Waals surface area contributed by atoms with E-state index in [0.717, 1.165) is 12.1 Å². The molecule has 0 aliphatic heterocycles. The van der Waals surface area contributed by atoms with Crippen LogP contribution in [-0.2, 0) is 14.9 Å². The first-order valence-corrected chi connectivity index (χ1v) is 7.15. The Bertz CT molecular complexity index is 383. The third kappa shape index (κ3) is 5.14. The Balaban J connectivity index is 2.38. The molecule has 0 bridgehead atoms. The monoisotopic (exact) mass is 270 g/mol. The van der Waals surface area contributed by atoms with Crippen molar-refractivity contribution in [2.24, 2.45) is 0 Å². The van der Waals surface area contributed by atoms with Crippen molar-refractivity contribution in [2.75, 3.05) is 18.5 Å². The lowest BCUT2D eigenvalue weighted by molar-refractivity contribution is -0.116. The molecule has 0 unspecified atom stereocenters. The van der Waals surface area contributed by atoms with Crippen molar-refractivity contribution in [3.8, 4) is 0 Å². The van der Waals surface area contributed by atoms with E-state index in [9.17, 15) is 4.79 Å². The van der Waals surface area contributed by atoms with Crippen molar-refractivity contribution >= 4 is 22.4 Å². The SMILES string of the molecule is CCOCCCC(=O)Nc1nc(C(C)(C)C)cs1. The molecule has 1 aromatic rings. The maximum Gasteiger partial charge on any atom is 0.226 e. The number of anilines is 1. The van der Waals surface area contributed by atoms with Gasteiger partial charge in [0.25, 0.3) is 0 Å². The van der Waals surface area contributed by atoms with Crippen LogP contribution in [0.15, 0.2) is 5.38 Å². The van der Waals surface area contributed by atoms with Gasteiger partial charge < -0.3 is 10.1 Å². The van der Waals surface area contributed by atoms with E-state index in [-0.39, 0.29) is 11.3 Å². The quantitative estimate of drug-likeness (QED) is 0.808. The number of thiazole rings is 1. The van der Waals surface area contributed by atoms with Crippen LogP contribution in [0.4, 0.5) is 5.13 Å². The summed E-state index contributed by atoms with van der Waals surface area (Å²) in [5.74, 6) is 0.00418. The molecule has 0 aromatic carbocycles. The number of nitrogens with one attached hydrogen (secondary N) is 1. The minimum Gasteiger partial charge on any atom is -0.382 e. The van der Waals surface area contributed by atoms with Crippen LogP contribution >= 0.6 is 11.3 Å². The lowest BCUT2D eigenvalue weighted by Crippen LogP contribution is -2.14. The van der Waals surface area contributed by atoms with Gasteiger partial charge in [0.2, 0.25) is 5.91 Å². The predicted octanol–water partition coefficient (Wildman–Crippen LogP) is 3.20. The largest absolute Gasteiger partial charge is 0.382 e. The number of nitrogens with zero attached hydrogens (tertiary/aromatic N) is 1. The molecule has 0 atom stereocenters. The van der Waals surface area contributed by atoms with Crippen LogP contribution in [0.2, 0.25) is 0 Å². The number of hydrogen-bond donors (Lipinski definition) is 1. The highest BCUT2D eigenvalue weighted by molar-refractivity contribution is 7.13. The van der Waals surface area contributed by atoms with E-state index in [4.69, 9.17) is 4.74 Å². The lowest BCUT2D eigenvalue weighted by Gasteiger charge is -2.14. The first kappa shape index (κ1) is 15.1. The van der Waals surface area contributed by atoms with Gasteiger partial charge in [-0.15, -0.1) is 11.3 Å². The average Bonchev–Trinajstić information content (AvgIpc) is 2.72. The van der Waals surface area contributed by atoms with Crippen LogP contribution in [-0.4, -0.2) is 24.1 Å². The number of rotatable bonds is 6. The maximum absolute atomic E-state index is 11.6. The third-order valence-electron chi connectivity index (χ3n) is 2.42. The Morgan fingerprint density at radius 2 is 2.22 bits per heavy atom. The number of ether oxygens (including phenoxy) is 1. The summed E-state index contributed by atoms with van der Waals surface area (Å²) in [7, 11) is 0. The third-order valence-corrected chi connectivity index (χ3v) is 3.17. The standard InChI is InChI=1S/C13H22N2O2S/c1-5-17-8-6-7-11(16)15-12-14-10(9-18-12)13(2,3)4/h9H,5-8H2,1-4H3,(H,14,15,16). The number of carbonyl (C=O) groups is 1. The van der Waals surface area contributed by atoms with E-state index < -0.39 is 0 Å². The summed E-state index contributed by atoms with van der Waals surface area (Å²) < 4.78 is 5.19. The molecule has 0 aliphatic rings. The van der Waals surface area contributed by atoms with Gasteiger partial charge in [0.15, 0.2) is 5.13 Å². The fourth-order valence-corrected chi connectivity index (χ4v) is 2.29. The molecule has 0 aliphatic carbocycles. The van der Waals surface area contributed by atoms with E-state index in [1.807, 2.05) is 12.3 Å². The van der Waals surface area contributed by atoms with Gasteiger partial charge in [-0.25, -0.2) is 4.98 Å². The van der Waals surface area contributed by atoms with E-state index in [1.165, 1.54) is 11.3 Å². The minimum atomic E-state index is 0.00418. The summed E-state index contributed by atoms with van der Waals surface area (Å²) in [6, 6.07) is 0. The molecule has 0 saturated carbocycles. The Morgan fingerprint density at radius 3 is 2.78 bits per heavy atom. The fraction of sp³-hybridized carbons (Fsp3) is 0.692. The predicted molar refractivity (Wildman–Crippen MR) is 75.2 cm³/mol. The number of aromatic nitrogens is 1. The van der Waals surface area contributed by atoms with Crippen molar-refractivity contribution in [1.82, 2.24) is 4.98 Å². The van der Waals surface area contributed by atoms with E-state index in [2.05, 4.69) is 31.1 Å².